The van der Waals surface area contributed by atoms with E-state index in [4.69, 9.17) is 0 Å². The van der Waals surface area contributed by atoms with Gasteiger partial charge in [-0.1, -0.05) is 34.8 Å². The van der Waals surface area contributed by atoms with Gasteiger partial charge >= 0.3 is 4.87 Å². The van der Waals surface area contributed by atoms with Crippen LogP contribution >= 0.6 is 22.7 Å². The zero-order valence-electron chi connectivity index (χ0n) is 11.2. The molecule has 0 unspecified atom stereocenters. The Morgan fingerprint density at radius 1 is 1.19 bits per heavy atom. The van der Waals surface area contributed by atoms with Gasteiger partial charge in [-0.3, -0.25) is 14.2 Å². The molecule has 0 fully saturated rings. The highest BCUT2D eigenvalue weighted by molar-refractivity contribution is 7.16. The third kappa shape index (κ3) is 2.72. The molecule has 0 spiro atoms. The maximum atomic E-state index is 12.4. The molecular formula is C13H12N4O2S2. The summed E-state index contributed by atoms with van der Waals surface area (Å²) in [5.41, 5.74) is -0.283. The molecule has 108 valence electrons. The monoisotopic (exact) mass is 320 g/mol. The lowest BCUT2D eigenvalue weighted by Gasteiger charge is -2.02. The number of nitrogens with one attached hydrogen (secondary N) is 1. The standard InChI is InChI=1S/C13H12N4O2S2/c1-2-14-12-16-15-10(21-12)7-17-11(18)8-5-3-4-6-9(8)20-13(17)19/h3-6H,2,7H2,1H3,(H,14,16). The summed E-state index contributed by atoms with van der Waals surface area (Å²) in [5, 5.41) is 12.9. The highest BCUT2D eigenvalue weighted by Crippen LogP contribution is 2.16. The Bertz CT molecular complexity index is 897. The van der Waals surface area contributed by atoms with Crippen LogP contribution in [0.15, 0.2) is 33.9 Å². The summed E-state index contributed by atoms with van der Waals surface area (Å²) in [5.74, 6) is 0. The van der Waals surface area contributed by atoms with Gasteiger partial charge in [-0.2, -0.15) is 0 Å². The Kier molecular flexibility index (Phi) is 3.80. The fraction of sp³-hybridized carbons (Fsp3) is 0.231. The molecule has 3 aromatic rings. The highest BCUT2D eigenvalue weighted by Gasteiger charge is 2.11. The third-order valence-electron chi connectivity index (χ3n) is 2.87. The van der Waals surface area contributed by atoms with Gasteiger partial charge in [0.25, 0.3) is 5.56 Å². The van der Waals surface area contributed by atoms with Crippen molar-refractivity contribution in [3.8, 4) is 0 Å². The molecule has 0 saturated carbocycles. The second-order valence-corrected chi connectivity index (χ2v) is 6.34. The van der Waals surface area contributed by atoms with Crippen molar-refractivity contribution in [3.05, 3.63) is 49.3 Å². The number of hydrogen-bond acceptors (Lipinski definition) is 7. The molecule has 2 heterocycles. The topological polar surface area (TPSA) is 76.9 Å². The molecule has 0 bridgehead atoms. The van der Waals surface area contributed by atoms with E-state index >= 15 is 0 Å². The van der Waals surface area contributed by atoms with Gasteiger partial charge in [-0.25, -0.2) is 0 Å². The van der Waals surface area contributed by atoms with Crippen LogP contribution in [-0.2, 0) is 6.54 Å². The second-order valence-electron chi connectivity index (χ2n) is 4.29. The zero-order chi connectivity index (χ0) is 14.8. The first-order chi connectivity index (χ1) is 10.2. The number of benzene rings is 1. The first kappa shape index (κ1) is 13.9. The van der Waals surface area contributed by atoms with Gasteiger partial charge in [0.15, 0.2) is 0 Å². The van der Waals surface area contributed by atoms with Crippen molar-refractivity contribution in [2.45, 2.75) is 13.5 Å². The molecule has 6 nitrogen and oxygen atoms in total. The van der Waals surface area contributed by atoms with E-state index in [1.807, 2.05) is 13.0 Å². The third-order valence-corrected chi connectivity index (χ3v) is 4.71. The normalized spacial score (nSPS) is 10.9. The van der Waals surface area contributed by atoms with Gasteiger partial charge in [0.05, 0.1) is 11.9 Å². The van der Waals surface area contributed by atoms with Crippen molar-refractivity contribution in [2.24, 2.45) is 0 Å². The summed E-state index contributed by atoms with van der Waals surface area (Å²) in [6, 6.07) is 7.12. The van der Waals surface area contributed by atoms with E-state index in [2.05, 4.69) is 15.5 Å². The van der Waals surface area contributed by atoms with Crippen LogP contribution in [0.4, 0.5) is 5.13 Å². The molecule has 0 radical (unpaired) electrons. The highest BCUT2D eigenvalue weighted by atomic mass is 32.1. The number of fused-ring (bicyclic) bond motifs is 1. The fourth-order valence-corrected chi connectivity index (χ4v) is 3.58. The van der Waals surface area contributed by atoms with Crippen molar-refractivity contribution in [3.63, 3.8) is 0 Å². The van der Waals surface area contributed by atoms with Crippen molar-refractivity contribution in [2.75, 3.05) is 11.9 Å². The molecule has 2 aromatic heterocycles. The molecule has 0 aliphatic heterocycles. The van der Waals surface area contributed by atoms with E-state index in [0.717, 1.165) is 17.9 Å². The van der Waals surface area contributed by atoms with Crippen molar-refractivity contribution in [1.29, 1.82) is 0 Å². The average molecular weight is 320 g/mol. The lowest BCUT2D eigenvalue weighted by atomic mass is 10.3. The minimum atomic E-state index is -0.283. The van der Waals surface area contributed by atoms with Gasteiger partial charge in [-0.05, 0) is 19.1 Å². The SMILES string of the molecule is CCNc1nnc(Cn2c(=O)sc3ccccc3c2=O)s1. The van der Waals surface area contributed by atoms with Gasteiger partial charge in [0, 0.05) is 11.2 Å². The summed E-state index contributed by atoms with van der Waals surface area (Å²) < 4.78 is 1.91. The molecule has 0 aliphatic carbocycles. The maximum Gasteiger partial charge on any atom is 0.310 e. The molecule has 0 atom stereocenters. The van der Waals surface area contributed by atoms with Crippen LogP contribution < -0.4 is 15.7 Å². The van der Waals surface area contributed by atoms with E-state index in [1.54, 1.807) is 18.2 Å². The Morgan fingerprint density at radius 2 is 2.00 bits per heavy atom. The van der Waals surface area contributed by atoms with Crippen LogP contribution in [-0.4, -0.2) is 21.3 Å². The summed E-state index contributed by atoms with van der Waals surface area (Å²) in [6.45, 7) is 2.87. The first-order valence-corrected chi connectivity index (χ1v) is 8.01. The van der Waals surface area contributed by atoms with E-state index < -0.39 is 0 Å². The predicted molar refractivity (Wildman–Crippen MR) is 85.5 cm³/mol. The molecule has 1 aromatic carbocycles. The number of aromatic nitrogens is 3. The maximum absolute atomic E-state index is 12.4. The molecular weight excluding hydrogens is 308 g/mol. The Morgan fingerprint density at radius 3 is 2.81 bits per heavy atom. The van der Waals surface area contributed by atoms with Crippen molar-refractivity contribution in [1.82, 2.24) is 14.8 Å². The summed E-state index contributed by atoms with van der Waals surface area (Å²) in [4.78, 5) is 24.2. The summed E-state index contributed by atoms with van der Waals surface area (Å²) >= 11 is 2.41. The quantitative estimate of drug-likeness (QED) is 0.792. The van der Waals surface area contributed by atoms with E-state index in [9.17, 15) is 9.59 Å². The average Bonchev–Trinajstić information content (AvgIpc) is 2.91. The lowest BCUT2D eigenvalue weighted by molar-refractivity contribution is 0.737. The molecule has 3 rings (SSSR count). The van der Waals surface area contributed by atoms with Gasteiger partial charge < -0.3 is 5.32 Å². The van der Waals surface area contributed by atoms with Crippen LogP contribution in [0.3, 0.4) is 0 Å². The Balaban J connectivity index is 2.03. The second kappa shape index (κ2) is 5.74. The number of anilines is 1. The first-order valence-electron chi connectivity index (χ1n) is 6.38. The minimum Gasteiger partial charge on any atom is -0.360 e. The Labute approximate surface area is 127 Å². The van der Waals surface area contributed by atoms with E-state index in [0.29, 0.717) is 20.2 Å². The number of nitrogens with zero attached hydrogens (tertiary/aromatic N) is 3. The van der Waals surface area contributed by atoms with Crippen molar-refractivity contribution < 1.29 is 0 Å². The fourth-order valence-electron chi connectivity index (χ4n) is 1.92. The van der Waals surface area contributed by atoms with Crippen LogP contribution in [0.5, 0.6) is 0 Å². The molecule has 21 heavy (non-hydrogen) atoms. The van der Waals surface area contributed by atoms with Gasteiger partial charge in [0.2, 0.25) is 5.13 Å². The van der Waals surface area contributed by atoms with Crippen LogP contribution in [0.25, 0.3) is 10.1 Å². The minimum absolute atomic E-state index is 0.155. The summed E-state index contributed by atoms with van der Waals surface area (Å²) in [6.07, 6.45) is 0. The molecule has 0 aliphatic rings. The molecule has 0 amide bonds. The van der Waals surface area contributed by atoms with Gasteiger partial charge in [-0.15, -0.1) is 10.2 Å². The molecule has 1 N–H and O–H groups in total. The number of hydrogen-bond donors (Lipinski definition) is 1. The van der Waals surface area contributed by atoms with Gasteiger partial charge in [0.1, 0.15) is 5.01 Å². The van der Waals surface area contributed by atoms with Crippen LogP contribution in [0, 0.1) is 0 Å². The molecule has 0 saturated heterocycles. The molecule has 8 heteroatoms. The van der Waals surface area contributed by atoms with Crippen LogP contribution in [0.1, 0.15) is 11.9 Å². The lowest BCUT2D eigenvalue weighted by Crippen LogP contribution is -2.31. The summed E-state index contributed by atoms with van der Waals surface area (Å²) in [7, 11) is 0. The van der Waals surface area contributed by atoms with Crippen LogP contribution in [0.2, 0.25) is 0 Å². The number of rotatable bonds is 4. The smallest absolute Gasteiger partial charge is 0.310 e. The van der Waals surface area contributed by atoms with E-state index in [-0.39, 0.29) is 17.0 Å². The largest absolute Gasteiger partial charge is 0.360 e. The predicted octanol–water partition coefficient (Wildman–Crippen LogP) is 1.75. The Hall–Kier alpha value is -2.06. The van der Waals surface area contributed by atoms with Crippen molar-refractivity contribution >= 4 is 37.9 Å². The zero-order valence-corrected chi connectivity index (χ0v) is 12.8. The van der Waals surface area contributed by atoms with E-state index in [1.165, 1.54) is 15.9 Å².